The fraction of sp³-hybridized carbons (Fsp3) is 0.364. The van der Waals surface area contributed by atoms with Crippen molar-refractivity contribution in [3.8, 4) is 11.5 Å². The van der Waals surface area contributed by atoms with Crippen molar-refractivity contribution in [3.05, 3.63) is 23.8 Å². The summed E-state index contributed by atoms with van der Waals surface area (Å²) in [6, 6.07) is 4.90. The van der Waals surface area contributed by atoms with Crippen LogP contribution >= 0.6 is 0 Å². The van der Waals surface area contributed by atoms with Crippen LogP contribution in [0.4, 0.5) is 0 Å². The minimum Gasteiger partial charge on any atom is -0.496 e. The molecule has 0 saturated heterocycles. The minimum absolute atomic E-state index is 0.0845. The van der Waals surface area contributed by atoms with Gasteiger partial charge in [-0.2, -0.15) is 0 Å². The minimum atomic E-state index is -3.61. The Bertz CT molecular complexity index is 534. The average molecular weight is 288 g/mol. The number of amides is 1. The van der Waals surface area contributed by atoms with Crippen molar-refractivity contribution < 1.29 is 22.7 Å². The van der Waals surface area contributed by atoms with Gasteiger partial charge in [-0.3, -0.25) is 4.79 Å². The van der Waals surface area contributed by atoms with Crippen LogP contribution in [0.5, 0.6) is 11.5 Å². The number of carbonyl (C=O) groups excluding carboxylic acids is 1. The van der Waals surface area contributed by atoms with E-state index < -0.39 is 15.9 Å². The van der Waals surface area contributed by atoms with E-state index in [1.165, 1.54) is 14.2 Å². The van der Waals surface area contributed by atoms with Crippen LogP contribution < -0.4 is 19.9 Å². The fourth-order valence-electron chi connectivity index (χ4n) is 1.47. The summed E-state index contributed by atoms with van der Waals surface area (Å²) in [5.74, 6) is -0.145. The predicted molar refractivity (Wildman–Crippen MR) is 69.9 cm³/mol. The molecule has 0 unspecified atom stereocenters. The lowest BCUT2D eigenvalue weighted by molar-refractivity contribution is 0.0950. The highest BCUT2D eigenvalue weighted by molar-refractivity contribution is 7.89. The van der Waals surface area contributed by atoms with E-state index in [2.05, 4.69) is 5.32 Å². The maximum absolute atomic E-state index is 12.0. The van der Waals surface area contributed by atoms with Gasteiger partial charge in [0.2, 0.25) is 10.0 Å². The van der Waals surface area contributed by atoms with Crippen LogP contribution in [0.2, 0.25) is 0 Å². The molecular formula is C11H16N2O5S. The molecule has 7 nitrogen and oxygen atoms in total. The normalized spacial score (nSPS) is 10.9. The number of sulfonamides is 1. The highest BCUT2D eigenvalue weighted by Crippen LogP contribution is 2.27. The second-order valence-corrected chi connectivity index (χ2v) is 5.39. The molecular weight excluding hydrogens is 272 g/mol. The summed E-state index contributed by atoms with van der Waals surface area (Å²) in [6.45, 7) is -0.0845. The number of hydrogen-bond acceptors (Lipinski definition) is 5. The Morgan fingerprint density at radius 3 is 2.21 bits per heavy atom. The monoisotopic (exact) mass is 288 g/mol. The van der Waals surface area contributed by atoms with Gasteiger partial charge < -0.3 is 14.8 Å². The smallest absolute Gasteiger partial charge is 0.258 e. The molecule has 0 radical (unpaired) electrons. The summed E-state index contributed by atoms with van der Waals surface area (Å²) >= 11 is 0. The highest BCUT2D eigenvalue weighted by Gasteiger charge is 2.18. The van der Waals surface area contributed by atoms with Crippen molar-refractivity contribution in [1.82, 2.24) is 5.32 Å². The molecule has 0 aromatic heterocycles. The van der Waals surface area contributed by atoms with Gasteiger partial charge in [0, 0.05) is 6.54 Å². The molecule has 1 rings (SSSR count). The van der Waals surface area contributed by atoms with Crippen LogP contribution in [0.15, 0.2) is 18.2 Å². The summed E-state index contributed by atoms with van der Waals surface area (Å²) in [5, 5.41) is 7.29. The second kappa shape index (κ2) is 6.39. The molecule has 19 heavy (non-hydrogen) atoms. The zero-order valence-electron chi connectivity index (χ0n) is 10.7. The van der Waals surface area contributed by atoms with Gasteiger partial charge in [-0.25, -0.2) is 13.6 Å². The molecule has 1 amide bonds. The van der Waals surface area contributed by atoms with Gasteiger partial charge in [0.15, 0.2) is 0 Å². The molecule has 1 aromatic rings. The number of ether oxygens (including phenoxy) is 2. The van der Waals surface area contributed by atoms with E-state index in [1.807, 2.05) is 0 Å². The van der Waals surface area contributed by atoms with Gasteiger partial charge in [0.1, 0.15) is 17.1 Å². The molecule has 0 aliphatic heterocycles. The number of primary sulfonamides is 1. The van der Waals surface area contributed by atoms with Crippen molar-refractivity contribution >= 4 is 15.9 Å². The van der Waals surface area contributed by atoms with Crippen LogP contribution in [0.25, 0.3) is 0 Å². The van der Waals surface area contributed by atoms with Crippen molar-refractivity contribution in [3.63, 3.8) is 0 Å². The van der Waals surface area contributed by atoms with Gasteiger partial charge >= 0.3 is 0 Å². The standard InChI is InChI=1S/C11H16N2O5S/c1-17-8-4-3-5-9(18-2)10(8)11(14)13-6-7-19(12,15)16/h3-5H,6-7H2,1-2H3,(H,13,14)(H2,12,15,16). The summed E-state index contributed by atoms with van der Waals surface area (Å²) in [5.41, 5.74) is 0.210. The Hall–Kier alpha value is -1.80. The van der Waals surface area contributed by atoms with Crippen LogP contribution in [0, 0.1) is 0 Å². The Morgan fingerprint density at radius 1 is 1.26 bits per heavy atom. The number of hydrogen-bond donors (Lipinski definition) is 2. The summed E-state index contributed by atoms with van der Waals surface area (Å²) in [4.78, 5) is 12.0. The van der Waals surface area contributed by atoms with Crippen molar-refractivity contribution in [1.29, 1.82) is 0 Å². The van der Waals surface area contributed by atoms with E-state index in [1.54, 1.807) is 18.2 Å². The third kappa shape index (κ3) is 4.42. The topological polar surface area (TPSA) is 108 Å². The first-order valence-corrected chi connectivity index (χ1v) is 7.10. The van der Waals surface area contributed by atoms with Crippen LogP contribution in [-0.2, 0) is 10.0 Å². The lowest BCUT2D eigenvalue weighted by Gasteiger charge is -2.12. The SMILES string of the molecule is COc1cccc(OC)c1C(=O)NCCS(N)(=O)=O. The first kappa shape index (κ1) is 15.3. The number of rotatable bonds is 6. The number of nitrogens with two attached hydrogens (primary N) is 1. The summed E-state index contributed by atoms with van der Waals surface area (Å²) < 4.78 is 31.7. The molecule has 0 aliphatic rings. The van der Waals surface area contributed by atoms with Gasteiger partial charge in [-0.15, -0.1) is 0 Å². The summed E-state index contributed by atoms with van der Waals surface area (Å²) in [6.07, 6.45) is 0. The van der Waals surface area contributed by atoms with E-state index in [4.69, 9.17) is 14.6 Å². The number of benzene rings is 1. The number of nitrogens with one attached hydrogen (secondary N) is 1. The Labute approximate surface area is 111 Å². The molecule has 0 atom stereocenters. The van der Waals surface area contributed by atoms with Crippen LogP contribution in [-0.4, -0.2) is 40.8 Å². The van der Waals surface area contributed by atoms with E-state index in [9.17, 15) is 13.2 Å². The maximum atomic E-state index is 12.0. The van der Waals surface area contributed by atoms with Crippen molar-refractivity contribution in [2.75, 3.05) is 26.5 Å². The van der Waals surface area contributed by atoms with E-state index >= 15 is 0 Å². The Kier molecular flexibility index (Phi) is 5.13. The third-order valence-corrected chi connectivity index (χ3v) is 3.10. The van der Waals surface area contributed by atoms with Gasteiger partial charge in [-0.1, -0.05) is 6.07 Å². The molecule has 0 aliphatic carbocycles. The summed E-state index contributed by atoms with van der Waals surface area (Å²) in [7, 11) is -0.758. The number of carbonyl (C=O) groups is 1. The molecule has 0 spiro atoms. The Morgan fingerprint density at radius 2 is 1.79 bits per heavy atom. The fourth-order valence-corrected chi connectivity index (χ4v) is 1.86. The molecule has 0 saturated carbocycles. The second-order valence-electron chi connectivity index (χ2n) is 3.66. The molecule has 3 N–H and O–H groups in total. The highest BCUT2D eigenvalue weighted by atomic mass is 32.2. The van der Waals surface area contributed by atoms with Crippen molar-refractivity contribution in [2.24, 2.45) is 5.14 Å². The number of methoxy groups -OCH3 is 2. The molecule has 1 aromatic carbocycles. The van der Waals surface area contributed by atoms with Crippen LogP contribution in [0.1, 0.15) is 10.4 Å². The molecule has 0 bridgehead atoms. The first-order valence-electron chi connectivity index (χ1n) is 5.38. The zero-order chi connectivity index (χ0) is 14.5. The zero-order valence-corrected chi connectivity index (χ0v) is 11.5. The van der Waals surface area contributed by atoms with Crippen molar-refractivity contribution in [2.45, 2.75) is 0 Å². The lowest BCUT2D eigenvalue weighted by Crippen LogP contribution is -2.31. The van der Waals surface area contributed by atoms with Gasteiger partial charge in [-0.05, 0) is 12.1 Å². The first-order chi connectivity index (χ1) is 8.89. The molecule has 0 fully saturated rings. The van der Waals surface area contributed by atoms with E-state index in [-0.39, 0.29) is 17.9 Å². The van der Waals surface area contributed by atoms with E-state index in [0.29, 0.717) is 11.5 Å². The molecule has 0 heterocycles. The van der Waals surface area contributed by atoms with Gasteiger partial charge in [0.25, 0.3) is 5.91 Å². The largest absolute Gasteiger partial charge is 0.496 e. The van der Waals surface area contributed by atoms with Crippen LogP contribution in [0.3, 0.4) is 0 Å². The van der Waals surface area contributed by atoms with Gasteiger partial charge in [0.05, 0.1) is 20.0 Å². The lowest BCUT2D eigenvalue weighted by atomic mass is 10.1. The van der Waals surface area contributed by atoms with E-state index in [0.717, 1.165) is 0 Å². The molecule has 106 valence electrons. The third-order valence-electron chi connectivity index (χ3n) is 2.33. The molecule has 8 heteroatoms. The Balaban J connectivity index is 2.87. The predicted octanol–water partition coefficient (Wildman–Crippen LogP) is -0.278. The quantitative estimate of drug-likeness (QED) is 0.748. The average Bonchev–Trinajstić information content (AvgIpc) is 2.35. The maximum Gasteiger partial charge on any atom is 0.258 e.